The molecule has 0 unspecified atom stereocenters. The van der Waals surface area contributed by atoms with E-state index in [1.54, 1.807) is 6.07 Å². The zero-order valence-electron chi connectivity index (χ0n) is 15.3. The first-order valence-electron chi connectivity index (χ1n) is 8.97. The molecule has 1 amide bonds. The summed E-state index contributed by atoms with van der Waals surface area (Å²) in [6, 6.07) is 14.4. The van der Waals surface area contributed by atoms with Crippen LogP contribution in [0.3, 0.4) is 0 Å². The van der Waals surface area contributed by atoms with Gasteiger partial charge in [-0.3, -0.25) is 14.9 Å². The van der Waals surface area contributed by atoms with E-state index >= 15 is 0 Å². The quantitative estimate of drug-likeness (QED) is 0.624. The highest BCUT2D eigenvalue weighted by Gasteiger charge is 2.24. The Morgan fingerprint density at radius 3 is 2.56 bits per heavy atom. The van der Waals surface area contributed by atoms with E-state index in [-0.39, 0.29) is 17.6 Å². The standard InChI is InChI=1S/C20H23N3O4/c1-27-19-8-7-17(23(25)26)14-18(19)21-16-9-11-22(12-10-16)20(24)13-15-5-3-2-4-6-15/h2-8,14,16,21H,9-13H2,1H3. The molecule has 0 aliphatic carbocycles. The molecule has 27 heavy (non-hydrogen) atoms. The van der Waals surface area contributed by atoms with Crippen molar-refractivity contribution in [3.05, 3.63) is 64.2 Å². The van der Waals surface area contributed by atoms with Gasteiger partial charge in [0.05, 0.1) is 24.1 Å². The number of nitrogens with zero attached hydrogens (tertiary/aromatic N) is 2. The maximum Gasteiger partial charge on any atom is 0.271 e. The number of rotatable bonds is 6. The molecule has 0 aromatic heterocycles. The van der Waals surface area contributed by atoms with Gasteiger partial charge in [-0.25, -0.2) is 0 Å². The molecule has 1 aliphatic heterocycles. The number of nitro groups is 1. The number of non-ortho nitro benzene ring substituents is 1. The van der Waals surface area contributed by atoms with Crippen LogP contribution in [0, 0.1) is 10.1 Å². The van der Waals surface area contributed by atoms with E-state index in [2.05, 4.69) is 5.32 Å². The van der Waals surface area contributed by atoms with Crippen molar-refractivity contribution in [1.29, 1.82) is 0 Å². The summed E-state index contributed by atoms with van der Waals surface area (Å²) in [4.78, 5) is 24.9. The summed E-state index contributed by atoms with van der Waals surface area (Å²) in [6.07, 6.45) is 1.98. The molecule has 0 radical (unpaired) electrons. The van der Waals surface area contributed by atoms with E-state index in [0.29, 0.717) is 30.9 Å². The number of nitrogens with one attached hydrogen (secondary N) is 1. The highest BCUT2D eigenvalue weighted by Crippen LogP contribution is 2.30. The van der Waals surface area contributed by atoms with Gasteiger partial charge in [-0.05, 0) is 24.5 Å². The number of benzene rings is 2. The molecule has 1 heterocycles. The third-order valence-corrected chi connectivity index (χ3v) is 4.80. The Morgan fingerprint density at radius 2 is 1.93 bits per heavy atom. The average Bonchev–Trinajstić information content (AvgIpc) is 2.69. The number of piperidine rings is 1. The zero-order valence-corrected chi connectivity index (χ0v) is 15.3. The van der Waals surface area contributed by atoms with Crippen LogP contribution in [-0.2, 0) is 11.2 Å². The van der Waals surface area contributed by atoms with Crippen LogP contribution in [0.2, 0.25) is 0 Å². The van der Waals surface area contributed by atoms with Gasteiger partial charge in [0.15, 0.2) is 0 Å². The smallest absolute Gasteiger partial charge is 0.271 e. The van der Waals surface area contributed by atoms with Crippen LogP contribution < -0.4 is 10.1 Å². The van der Waals surface area contributed by atoms with Crippen LogP contribution in [0.15, 0.2) is 48.5 Å². The maximum absolute atomic E-state index is 12.5. The number of likely N-dealkylation sites (tertiary alicyclic amines) is 1. The summed E-state index contributed by atoms with van der Waals surface area (Å²) in [5.41, 5.74) is 1.65. The second-order valence-electron chi connectivity index (χ2n) is 6.60. The molecule has 142 valence electrons. The number of carbonyl (C=O) groups excluding carboxylic acids is 1. The second-order valence-corrected chi connectivity index (χ2v) is 6.60. The predicted octanol–water partition coefficient (Wildman–Crippen LogP) is 3.25. The SMILES string of the molecule is COc1ccc([N+](=O)[O-])cc1NC1CCN(C(=O)Cc2ccccc2)CC1. The second kappa shape index (κ2) is 8.53. The molecule has 2 aromatic carbocycles. The summed E-state index contributed by atoms with van der Waals surface area (Å²) >= 11 is 0. The largest absolute Gasteiger partial charge is 0.495 e. The minimum Gasteiger partial charge on any atom is -0.495 e. The Balaban J connectivity index is 1.57. The van der Waals surface area contributed by atoms with Crippen molar-refractivity contribution in [1.82, 2.24) is 4.90 Å². The molecule has 0 bridgehead atoms. The Labute approximate surface area is 158 Å². The zero-order chi connectivity index (χ0) is 19.2. The van der Waals surface area contributed by atoms with Crippen molar-refractivity contribution in [3.63, 3.8) is 0 Å². The first kappa shape index (κ1) is 18.7. The molecule has 1 saturated heterocycles. The topological polar surface area (TPSA) is 84.7 Å². The number of ether oxygens (including phenoxy) is 1. The van der Waals surface area contributed by atoms with Crippen molar-refractivity contribution in [3.8, 4) is 5.75 Å². The minimum atomic E-state index is -0.421. The highest BCUT2D eigenvalue weighted by molar-refractivity contribution is 5.78. The lowest BCUT2D eigenvalue weighted by molar-refractivity contribution is -0.384. The molecule has 1 aliphatic rings. The van der Waals surface area contributed by atoms with Gasteiger partial charge < -0.3 is 15.0 Å². The average molecular weight is 369 g/mol. The van der Waals surface area contributed by atoms with Crippen LogP contribution in [0.5, 0.6) is 5.75 Å². The number of hydrogen-bond acceptors (Lipinski definition) is 5. The lowest BCUT2D eigenvalue weighted by Gasteiger charge is -2.33. The summed E-state index contributed by atoms with van der Waals surface area (Å²) in [7, 11) is 1.54. The molecule has 1 N–H and O–H groups in total. The molecule has 2 aromatic rings. The van der Waals surface area contributed by atoms with Crippen molar-refractivity contribution in [2.75, 3.05) is 25.5 Å². The summed E-state index contributed by atoms with van der Waals surface area (Å²) in [5, 5.41) is 14.3. The Hall–Kier alpha value is -3.09. The fourth-order valence-electron chi connectivity index (χ4n) is 3.30. The van der Waals surface area contributed by atoms with Gasteiger partial charge in [-0.1, -0.05) is 30.3 Å². The number of nitro benzene ring substituents is 1. The monoisotopic (exact) mass is 369 g/mol. The molecule has 7 nitrogen and oxygen atoms in total. The number of carbonyl (C=O) groups is 1. The van der Waals surface area contributed by atoms with Crippen LogP contribution in [-0.4, -0.2) is 42.0 Å². The summed E-state index contributed by atoms with van der Waals surface area (Å²) in [5.74, 6) is 0.704. The van der Waals surface area contributed by atoms with Crippen molar-refractivity contribution < 1.29 is 14.5 Å². The summed E-state index contributed by atoms with van der Waals surface area (Å²) < 4.78 is 5.30. The van der Waals surface area contributed by atoms with Gasteiger partial charge in [0.25, 0.3) is 5.69 Å². The van der Waals surface area contributed by atoms with E-state index < -0.39 is 4.92 Å². The van der Waals surface area contributed by atoms with Gasteiger partial charge in [0, 0.05) is 31.3 Å². The van der Waals surface area contributed by atoms with Crippen molar-refractivity contribution >= 4 is 17.3 Å². The Morgan fingerprint density at radius 1 is 1.22 bits per heavy atom. The van der Waals surface area contributed by atoms with Gasteiger partial charge in [-0.2, -0.15) is 0 Å². The van der Waals surface area contributed by atoms with E-state index in [0.717, 1.165) is 18.4 Å². The Bertz CT molecular complexity index is 802. The minimum absolute atomic E-state index is 0.0220. The Kier molecular flexibility index (Phi) is 5.90. The van der Waals surface area contributed by atoms with Crippen molar-refractivity contribution in [2.45, 2.75) is 25.3 Å². The molecule has 0 saturated carbocycles. The lowest BCUT2D eigenvalue weighted by atomic mass is 10.0. The fourth-order valence-corrected chi connectivity index (χ4v) is 3.30. The number of methoxy groups -OCH3 is 1. The fraction of sp³-hybridized carbons (Fsp3) is 0.350. The van der Waals surface area contributed by atoms with Crippen LogP contribution in [0.1, 0.15) is 18.4 Å². The molecular weight excluding hydrogens is 346 g/mol. The van der Waals surface area contributed by atoms with Crippen molar-refractivity contribution in [2.24, 2.45) is 0 Å². The molecule has 0 atom stereocenters. The molecule has 0 spiro atoms. The number of anilines is 1. The molecular formula is C20H23N3O4. The van der Waals surface area contributed by atoms with E-state index in [9.17, 15) is 14.9 Å². The van der Waals surface area contributed by atoms with Gasteiger partial charge in [0.1, 0.15) is 5.75 Å². The first-order chi connectivity index (χ1) is 13.1. The molecule has 7 heteroatoms. The summed E-state index contributed by atoms with van der Waals surface area (Å²) in [6.45, 7) is 1.33. The highest BCUT2D eigenvalue weighted by atomic mass is 16.6. The maximum atomic E-state index is 12.5. The van der Waals surface area contributed by atoms with E-state index in [4.69, 9.17) is 4.74 Å². The van der Waals surface area contributed by atoms with Crippen LogP contribution in [0.25, 0.3) is 0 Å². The number of amides is 1. The van der Waals surface area contributed by atoms with Gasteiger partial charge in [0.2, 0.25) is 5.91 Å². The first-order valence-corrected chi connectivity index (χ1v) is 8.97. The third-order valence-electron chi connectivity index (χ3n) is 4.80. The predicted molar refractivity (Wildman–Crippen MR) is 103 cm³/mol. The normalized spacial score (nSPS) is 14.6. The van der Waals surface area contributed by atoms with Crippen LogP contribution >= 0.6 is 0 Å². The number of hydrogen-bond donors (Lipinski definition) is 1. The third kappa shape index (κ3) is 4.75. The lowest BCUT2D eigenvalue weighted by Crippen LogP contribution is -2.43. The van der Waals surface area contributed by atoms with E-state index in [1.165, 1.54) is 19.2 Å². The van der Waals surface area contributed by atoms with Gasteiger partial charge >= 0.3 is 0 Å². The molecule has 3 rings (SSSR count). The van der Waals surface area contributed by atoms with Gasteiger partial charge in [-0.15, -0.1) is 0 Å². The van der Waals surface area contributed by atoms with Crippen LogP contribution in [0.4, 0.5) is 11.4 Å². The molecule has 1 fully saturated rings. The van der Waals surface area contributed by atoms with E-state index in [1.807, 2.05) is 35.2 Å².